The molecule has 1 aromatic rings. The van der Waals surface area contributed by atoms with Gasteiger partial charge in [-0.15, -0.1) is 0 Å². The Labute approximate surface area is 110 Å². The summed E-state index contributed by atoms with van der Waals surface area (Å²) in [7, 11) is -1.22. The van der Waals surface area contributed by atoms with Crippen molar-refractivity contribution in [2.24, 2.45) is 5.92 Å². The summed E-state index contributed by atoms with van der Waals surface area (Å²) in [5, 5.41) is 0. The van der Waals surface area contributed by atoms with Crippen LogP contribution in [0.4, 0.5) is 5.69 Å². The molecule has 100 valence electrons. The Bertz CT molecular complexity index is 432. The molecule has 1 aliphatic carbocycles. The first-order valence-electron chi connectivity index (χ1n) is 6.19. The summed E-state index contributed by atoms with van der Waals surface area (Å²) in [6, 6.07) is 5.24. The Morgan fingerprint density at radius 3 is 2.89 bits per heavy atom. The molecule has 0 aliphatic heterocycles. The Morgan fingerprint density at radius 2 is 2.22 bits per heavy atom. The molecule has 0 bridgehead atoms. The zero-order valence-corrected chi connectivity index (χ0v) is 11.4. The molecule has 0 spiro atoms. The van der Waals surface area contributed by atoms with Gasteiger partial charge >= 0.3 is 0 Å². The summed E-state index contributed by atoms with van der Waals surface area (Å²) in [5.74, 6) is 1.57. The van der Waals surface area contributed by atoms with Gasteiger partial charge in [-0.05, 0) is 43.9 Å². The van der Waals surface area contributed by atoms with Crippen molar-refractivity contribution in [1.29, 1.82) is 0 Å². The molecule has 0 heterocycles. The first-order valence-corrected chi connectivity index (χ1v) is 7.51. The Hall–Kier alpha value is -1.07. The van der Waals surface area contributed by atoms with Crippen molar-refractivity contribution in [2.45, 2.75) is 24.7 Å². The lowest BCUT2D eigenvalue weighted by Crippen LogP contribution is -2.07. The summed E-state index contributed by atoms with van der Waals surface area (Å²) < 4.78 is 22.9. The molecule has 4 nitrogen and oxygen atoms in total. The van der Waals surface area contributed by atoms with Crippen LogP contribution in [0.25, 0.3) is 0 Å². The third-order valence-electron chi connectivity index (χ3n) is 2.78. The highest BCUT2D eigenvalue weighted by Gasteiger charge is 2.21. The number of ether oxygens (including phenoxy) is 2. The van der Waals surface area contributed by atoms with Crippen LogP contribution in [-0.4, -0.2) is 23.4 Å². The van der Waals surface area contributed by atoms with Crippen molar-refractivity contribution in [3.63, 3.8) is 0 Å². The van der Waals surface area contributed by atoms with Crippen LogP contribution in [-0.2, 0) is 15.5 Å². The average Bonchev–Trinajstić information content (AvgIpc) is 3.16. The summed E-state index contributed by atoms with van der Waals surface area (Å²) in [6.45, 7) is 3.19. The van der Waals surface area contributed by atoms with E-state index < -0.39 is 10.8 Å². The van der Waals surface area contributed by atoms with E-state index >= 15 is 0 Å². The highest BCUT2D eigenvalue weighted by Crippen LogP contribution is 2.29. The zero-order valence-electron chi connectivity index (χ0n) is 10.6. The molecule has 18 heavy (non-hydrogen) atoms. The highest BCUT2D eigenvalue weighted by atomic mass is 32.2. The number of anilines is 1. The molecule has 1 aromatic carbocycles. The van der Waals surface area contributed by atoms with Crippen molar-refractivity contribution in [3.8, 4) is 5.75 Å². The van der Waals surface area contributed by atoms with Crippen LogP contribution in [0.2, 0.25) is 0 Å². The topological polar surface area (TPSA) is 61.5 Å². The molecular weight excluding hydrogens is 250 g/mol. The lowest BCUT2D eigenvalue weighted by molar-refractivity contribution is 0.168. The van der Waals surface area contributed by atoms with Crippen LogP contribution in [0.15, 0.2) is 23.1 Å². The van der Waals surface area contributed by atoms with Crippen molar-refractivity contribution >= 4 is 16.5 Å². The second-order valence-corrected chi connectivity index (χ2v) is 5.78. The molecule has 0 radical (unpaired) electrons. The maximum Gasteiger partial charge on any atom is 0.126 e. The van der Waals surface area contributed by atoms with E-state index in [0.717, 1.165) is 0 Å². The van der Waals surface area contributed by atoms with Gasteiger partial charge in [-0.2, -0.15) is 0 Å². The van der Waals surface area contributed by atoms with E-state index in [9.17, 15) is 4.21 Å². The number of hydrogen-bond acceptors (Lipinski definition) is 4. The first-order chi connectivity index (χ1) is 8.70. The van der Waals surface area contributed by atoms with Gasteiger partial charge < -0.3 is 15.2 Å². The van der Waals surface area contributed by atoms with Crippen LogP contribution in [0.1, 0.15) is 19.8 Å². The molecule has 1 fully saturated rings. The summed E-state index contributed by atoms with van der Waals surface area (Å²) in [5.41, 5.74) is 6.35. The SMILES string of the molecule is CCOc1ccc(N)c(S(=O)COCC2CC2)c1. The van der Waals surface area contributed by atoms with Gasteiger partial charge in [0, 0.05) is 5.69 Å². The smallest absolute Gasteiger partial charge is 0.126 e. The monoisotopic (exact) mass is 269 g/mol. The van der Waals surface area contributed by atoms with Crippen molar-refractivity contribution in [2.75, 3.05) is 24.9 Å². The van der Waals surface area contributed by atoms with Crippen molar-refractivity contribution < 1.29 is 13.7 Å². The average molecular weight is 269 g/mol. The minimum Gasteiger partial charge on any atom is -0.494 e. The molecule has 1 aliphatic rings. The summed E-state index contributed by atoms with van der Waals surface area (Å²) in [6.07, 6.45) is 2.46. The lowest BCUT2D eigenvalue weighted by Gasteiger charge is -2.09. The molecule has 1 unspecified atom stereocenters. The van der Waals surface area contributed by atoms with E-state index in [-0.39, 0.29) is 5.94 Å². The van der Waals surface area contributed by atoms with Crippen molar-refractivity contribution in [3.05, 3.63) is 18.2 Å². The van der Waals surface area contributed by atoms with Gasteiger partial charge in [0.25, 0.3) is 0 Å². The Kier molecular flexibility index (Phi) is 4.60. The maximum atomic E-state index is 12.1. The van der Waals surface area contributed by atoms with Crippen LogP contribution >= 0.6 is 0 Å². The molecule has 2 rings (SSSR count). The largest absolute Gasteiger partial charge is 0.494 e. The zero-order chi connectivity index (χ0) is 13.0. The van der Waals surface area contributed by atoms with Crippen LogP contribution in [0.5, 0.6) is 5.75 Å². The number of nitrogens with two attached hydrogens (primary N) is 1. The molecular formula is C13H19NO3S. The number of hydrogen-bond donors (Lipinski definition) is 1. The second-order valence-electron chi connectivity index (χ2n) is 4.41. The normalized spacial score (nSPS) is 16.5. The van der Waals surface area contributed by atoms with Crippen LogP contribution in [0, 0.1) is 5.92 Å². The Balaban J connectivity index is 1.95. The fourth-order valence-corrected chi connectivity index (χ4v) is 2.56. The minimum absolute atomic E-state index is 0.205. The number of nitrogen functional groups attached to an aromatic ring is 1. The quantitative estimate of drug-likeness (QED) is 0.771. The fraction of sp³-hybridized carbons (Fsp3) is 0.538. The molecule has 1 atom stereocenters. The molecule has 0 saturated heterocycles. The van der Waals surface area contributed by atoms with Crippen LogP contribution < -0.4 is 10.5 Å². The standard InChI is InChI=1S/C13H19NO3S/c1-2-17-11-5-6-12(14)13(7-11)18(15)9-16-8-10-3-4-10/h5-7,10H,2-4,8-9,14H2,1H3. The maximum absolute atomic E-state index is 12.1. The lowest BCUT2D eigenvalue weighted by atomic mass is 10.3. The van der Waals surface area contributed by atoms with Gasteiger partial charge in [0.05, 0.1) is 28.9 Å². The van der Waals surface area contributed by atoms with Gasteiger partial charge in [0.2, 0.25) is 0 Å². The van der Waals surface area contributed by atoms with E-state index in [1.807, 2.05) is 6.92 Å². The van der Waals surface area contributed by atoms with E-state index in [1.54, 1.807) is 18.2 Å². The third kappa shape index (κ3) is 3.71. The van der Waals surface area contributed by atoms with Gasteiger partial charge in [0.1, 0.15) is 11.7 Å². The van der Waals surface area contributed by atoms with Gasteiger partial charge in [-0.3, -0.25) is 4.21 Å². The van der Waals surface area contributed by atoms with Gasteiger partial charge in [-0.1, -0.05) is 0 Å². The fourth-order valence-electron chi connectivity index (χ4n) is 1.61. The summed E-state index contributed by atoms with van der Waals surface area (Å²) >= 11 is 0. The van der Waals surface area contributed by atoms with Crippen molar-refractivity contribution in [1.82, 2.24) is 0 Å². The summed E-state index contributed by atoms with van der Waals surface area (Å²) in [4.78, 5) is 0.594. The Morgan fingerprint density at radius 1 is 1.44 bits per heavy atom. The molecule has 5 heteroatoms. The van der Waals surface area contributed by atoms with E-state index in [2.05, 4.69) is 0 Å². The molecule has 0 aromatic heterocycles. The minimum atomic E-state index is -1.22. The molecule has 2 N–H and O–H groups in total. The second kappa shape index (κ2) is 6.20. The van der Waals surface area contributed by atoms with Crippen LogP contribution in [0.3, 0.4) is 0 Å². The third-order valence-corrected chi connectivity index (χ3v) is 4.01. The molecule has 0 amide bonds. The molecule has 1 saturated carbocycles. The van der Waals surface area contributed by atoms with Gasteiger partial charge in [-0.25, -0.2) is 0 Å². The number of rotatable bonds is 7. The predicted octanol–water partition coefficient (Wildman–Crippen LogP) is 2.16. The highest BCUT2D eigenvalue weighted by molar-refractivity contribution is 7.85. The first kappa shape index (κ1) is 13.4. The van der Waals surface area contributed by atoms with E-state index in [1.165, 1.54) is 12.8 Å². The number of benzene rings is 1. The van der Waals surface area contributed by atoms with E-state index in [4.69, 9.17) is 15.2 Å². The van der Waals surface area contributed by atoms with E-state index in [0.29, 0.717) is 35.5 Å². The predicted molar refractivity (Wildman–Crippen MR) is 72.0 cm³/mol. The van der Waals surface area contributed by atoms with Gasteiger partial charge in [0.15, 0.2) is 0 Å².